The summed E-state index contributed by atoms with van der Waals surface area (Å²) in [5, 5.41) is 5.16. The van der Waals surface area contributed by atoms with Crippen molar-refractivity contribution in [1.82, 2.24) is 15.2 Å². The van der Waals surface area contributed by atoms with E-state index in [1.54, 1.807) is 18.4 Å². The molecule has 168 valence electrons. The summed E-state index contributed by atoms with van der Waals surface area (Å²) in [6, 6.07) is 14.9. The minimum Gasteiger partial charge on any atom is -0.497 e. The van der Waals surface area contributed by atoms with Crippen molar-refractivity contribution in [3.63, 3.8) is 0 Å². The first kappa shape index (κ1) is 21.7. The van der Waals surface area contributed by atoms with Crippen LogP contribution in [0.2, 0.25) is 5.02 Å². The molecule has 2 bridgehead atoms. The number of nitrogens with one attached hydrogen (secondary N) is 1. The molecule has 1 aromatic heterocycles. The van der Waals surface area contributed by atoms with E-state index in [-0.39, 0.29) is 11.9 Å². The van der Waals surface area contributed by atoms with Gasteiger partial charge >= 0.3 is 0 Å². The number of halogens is 1. The number of nitrogens with zero attached hydrogens (tertiary/aromatic N) is 2. The SMILES string of the molecule is COc1cccc(CC(=O)NC2CC3CCCC(C2)N3Cc2nc3c(Cl)cccc3s2)c1. The summed E-state index contributed by atoms with van der Waals surface area (Å²) in [4.78, 5) is 20.2. The molecule has 32 heavy (non-hydrogen) atoms. The number of fused-ring (bicyclic) bond motifs is 3. The molecule has 7 heteroatoms. The van der Waals surface area contributed by atoms with Crippen LogP contribution in [0.25, 0.3) is 10.2 Å². The van der Waals surface area contributed by atoms with Gasteiger partial charge in [0.1, 0.15) is 16.3 Å². The number of rotatable bonds is 6. The fraction of sp³-hybridized carbons (Fsp3) is 0.440. The molecule has 3 heterocycles. The summed E-state index contributed by atoms with van der Waals surface area (Å²) in [6.07, 6.45) is 6.04. The zero-order chi connectivity index (χ0) is 22.1. The van der Waals surface area contributed by atoms with E-state index < -0.39 is 0 Å². The molecule has 0 saturated carbocycles. The predicted octanol–water partition coefficient (Wildman–Crippen LogP) is 5.20. The molecule has 0 spiro atoms. The maximum atomic E-state index is 12.7. The number of carbonyl (C=O) groups excluding carboxylic acids is 1. The molecule has 0 aliphatic carbocycles. The van der Waals surface area contributed by atoms with Crippen LogP contribution in [0.15, 0.2) is 42.5 Å². The lowest BCUT2D eigenvalue weighted by Crippen LogP contribution is -2.56. The van der Waals surface area contributed by atoms with Crippen LogP contribution in [-0.2, 0) is 17.8 Å². The number of thiazole rings is 1. The second kappa shape index (κ2) is 9.38. The van der Waals surface area contributed by atoms with Crippen LogP contribution in [0, 0.1) is 0 Å². The Balaban J connectivity index is 1.23. The highest BCUT2D eigenvalue weighted by Gasteiger charge is 2.39. The third-order valence-corrected chi connectivity index (χ3v) is 8.03. The van der Waals surface area contributed by atoms with Gasteiger partial charge in [-0.25, -0.2) is 4.98 Å². The zero-order valence-electron chi connectivity index (χ0n) is 18.2. The molecule has 2 aromatic carbocycles. The number of methoxy groups -OCH3 is 1. The smallest absolute Gasteiger partial charge is 0.224 e. The van der Waals surface area contributed by atoms with Crippen LogP contribution in [0.5, 0.6) is 5.75 Å². The lowest BCUT2D eigenvalue weighted by molar-refractivity contribution is -0.122. The average molecular weight is 470 g/mol. The first-order chi connectivity index (χ1) is 15.6. The molecule has 2 unspecified atom stereocenters. The minimum atomic E-state index is 0.0931. The van der Waals surface area contributed by atoms with E-state index in [9.17, 15) is 4.79 Å². The molecule has 2 saturated heterocycles. The Bertz CT molecular complexity index is 1100. The summed E-state index contributed by atoms with van der Waals surface area (Å²) in [7, 11) is 1.65. The monoisotopic (exact) mass is 469 g/mol. The largest absolute Gasteiger partial charge is 0.497 e. The molecular weight excluding hydrogens is 442 g/mol. The Morgan fingerprint density at radius 2 is 2.00 bits per heavy atom. The third kappa shape index (κ3) is 4.63. The van der Waals surface area contributed by atoms with E-state index in [2.05, 4.69) is 16.3 Å². The number of aromatic nitrogens is 1. The van der Waals surface area contributed by atoms with Gasteiger partial charge < -0.3 is 10.1 Å². The molecule has 5 rings (SSSR count). The number of para-hydroxylation sites is 1. The summed E-state index contributed by atoms with van der Waals surface area (Å²) in [5.41, 5.74) is 1.90. The van der Waals surface area contributed by atoms with Crippen molar-refractivity contribution in [3.8, 4) is 5.75 Å². The number of hydrogen-bond acceptors (Lipinski definition) is 5. The fourth-order valence-corrected chi connectivity index (χ4v) is 6.56. The van der Waals surface area contributed by atoms with E-state index in [1.165, 1.54) is 19.3 Å². The number of piperidine rings is 2. The molecule has 3 aromatic rings. The molecule has 0 radical (unpaired) electrons. The average Bonchev–Trinajstić information content (AvgIpc) is 3.18. The normalized spacial score (nSPS) is 23.2. The lowest BCUT2D eigenvalue weighted by Gasteiger charge is -2.48. The van der Waals surface area contributed by atoms with Crippen LogP contribution >= 0.6 is 22.9 Å². The standard InChI is InChI=1S/C25H28ClN3O2S/c1-31-20-8-2-5-16(11-20)12-23(30)27-17-13-18-6-3-7-19(14-17)29(18)15-24-28-25-21(26)9-4-10-22(25)32-24/h2,4-5,8-11,17-19H,3,6-7,12-15H2,1H3,(H,27,30). The van der Waals surface area contributed by atoms with Crippen LogP contribution in [0.1, 0.15) is 42.7 Å². The van der Waals surface area contributed by atoms with E-state index in [0.29, 0.717) is 18.5 Å². The summed E-state index contributed by atoms with van der Waals surface area (Å²) >= 11 is 8.08. The van der Waals surface area contributed by atoms with E-state index in [0.717, 1.165) is 50.9 Å². The van der Waals surface area contributed by atoms with Gasteiger partial charge in [-0.2, -0.15) is 0 Å². The van der Waals surface area contributed by atoms with Crippen molar-refractivity contribution in [1.29, 1.82) is 0 Å². The number of carbonyl (C=O) groups is 1. The van der Waals surface area contributed by atoms with Crippen molar-refractivity contribution in [3.05, 3.63) is 58.1 Å². The summed E-state index contributed by atoms with van der Waals surface area (Å²) < 4.78 is 6.42. The molecule has 5 nitrogen and oxygen atoms in total. The summed E-state index contributed by atoms with van der Waals surface area (Å²) in [6.45, 7) is 0.871. The van der Waals surface area contributed by atoms with Gasteiger partial charge in [-0.05, 0) is 55.5 Å². The van der Waals surface area contributed by atoms with Crippen LogP contribution in [0.3, 0.4) is 0 Å². The Kier molecular flexibility index (Phi) is 6.35. The fourth-order valence-electron chi connectivity index (χ4n) is 5.29. The third-order valence-electron chi connectivity index (χ3n) is 6.72. The Hall–Kier alpha value is -2.15. The quantitative estimate of drug-likeness (QED) is 0.539. The molecule has 1 amide bonds. The van der Waals surface area contributed by atoms with E-state index in [1.807, 2.05) is 36.4 Å². The van der Waals surface area contributed by atoms with Gasteiger partial charge in [0.25, 0.3) is 0 Å². The molecule has 2 aliphatic heterocycles. The molecule has 2 atom stereocenters. The van der Waals surface area contributed by atoms with Crippen molar-refractivity contribution < 1.29 is 9.53 Å². The number of hydrogen-bond donors (Lipinski definition) is 1. The molecule has 2 fully saturated rings. The van der Waals surface area contributed by atoms with Gasteiger partial charge in [0, 0.05) is 18.1 Å². The van der Waals surface area contributed by atoms with Crippen molar-refractivity contribution in [2.45, 2.75) is 63.2 Å². The maximum absolute atomic E-state index is 12.7. The van der Waals surface area contributed by atoms with Crippen LogP contribution in [0.4, 0.5) is 0 Å². The van der Waals surface area contributed by atoms with Crippen LogP contribution in [-0.4, -0.2) is 41.0 Å². The van der Waals surface area contributed by atoms with Gasteiger partial charge in [-0.1, -0.05) is 36.2 Å². The maximum Gasteiger partial charge on any atom is 0.224 e. The molecular formula is C25H28ClN3O2S. The highest BCUT2D eigenvalue weighted by molar-refractivity contribution is 7.18. The number of ether oxygens (including phenoxy) is 1. The van der Waals surface area contributed by atoms with Crippen LogP contribution < -0.4 is 10.1 Å². The number of benzene rings is 2. The lowest BCUT2D eigenvalue weighted by atomic mass is 9.81. The zero-order valence-corrected chi connectivity index (χ0v) is 19.8. The van der Waals surface area contributed by atoms with Crippen molar-refractivity contribution in [2.24, 2.45) is 0 Å². The second-order valence-electron chi connectivity index (χ2n) is 8.87. The highest BCUT2D eigenvalue weighted by Crippen LogP contribution is 2.37. The Labute approximate surface area is 197 Å². The number of amides is 1. The first-order valence-electron chi connectivity index (χ1n) is 11.3. The Morgan fingerprint density at radius 3 is 2.75 bits per heavy atom. The molecule has 2 aliphatic rings. The summed E-state index contributed by atoms with van der Waals surface area (Å²) in [5.74, 6) is 0.880. The first-order valence-corrected chi connectivity index (χ1v) is 12.5. The van der Waals surface area contributed by atoms with Gasteiger partial charge in [-0.15, -0.1) is 11.3 Å². The highest BCUT2D eigenvalue weighted by atomic mass is 35.5. The topological polar surface area (TPSA) is 54.5 Å². The Morgan fingerprint density at radius 1 is 1.22 bits per heavy atom. The van der Waals surface area contributed by atoms with E-state index >= 15 is 0 Å². The van der Waals surface area contributed by atoms with Gasteiger partial charge in [0.05, 0.1) is 29.8 Å². The second-order valence-corrected chi connectivity index (χ2v) is 10.4. The van der Waals surface area contributed by atoms with Crippen molar-refractivity contribution in [2.75, 3.05) is 7.11 Å². The van der Waals surface area contributed by atoms with Crippen molar-refractivity contribution >= 4 is 39.1 Å². The van der Waals surface area contributed by atoms with E-state index in [4.69, 9.17) is 21.3 Å². The minimum absolute atomic E-state index is 0.0931. The van der Waals surface area contributed by atoms with Gasteiger partial charge in [0.15, 0.2) is 0 Å². The molecule has 1 N–H and O–H groups in total. The predicted molar refractivity (Wildman–Crippen MR) is 129 cm³/mol. The van der Waals surface area contributed by atoms with Gasteiger partial charge in [-0.3, -0.25) is 9.69 Å². The van der Waals surface area contributed by atoms with Gasteiger partial charge in [0.2, 0.25) is 5.91 Å².